The third-order valence-corrected chi connectivity index (χ3v) is 5.57. The van der Waals surface area contributed by atoms with Crippen LogP contribution in [0, 0.1) is 6.92 Å². The van der Waals surface area contributed by atoms with Crippen LogP contribution in [-0.4, -0.2) is 53.1 Å². The molecule has 0 radical (unpaired) electrons. The number of carbonyl (C=O) groups excluding carboxylic acids is 1. The summed E-state index contributed by atoms with van der Waals surface area (Å²) in [5.41, 5.74) is 1.28. The van der Waals surface area contributed by atoms with Crippen LogP contribution in [0.2, 0.25) is 0 Å². The maximum atomic E-state index is 12.9. The lowest BCUT2D eigenvalue weighted by Gasteiger charge is -2.36. The fourth-order valence-corrected chi connectivity index (χ4v) is 4.16. The number of fused-ring (bicyclic) bond motifs is 1. The maximum absolute atomic E-state index is 12.9. The van der Waals surface area contributed by atoms with Crippen molar-refractivity contribution < 1.29 is 9.53 Å². The molecule has 2 aromatic heterocycles. The summed E-state index contributed by atoms with van der Waals surface area (Å²) in [6, 6.07) is 4.01. The van der Waals surface area contributed by atoms with Crippen LogP contribution in [0.5, 0.6) is 0 Å². The molecule has 1 atom stereocenters. The van der Waals surface area contributed by atoms with Crippen LogP contribution >= 0.6 is 11.3 Å². The highest BCUT2D eigenvalue weighted by molar-refractivity contribution is 7.10. The number of hydrogen-bond donors (Lipinski definition) is 0. The minimum atomic E-state index is -0.422. The molecule has 0 aromatic carbocycles. The molecular formula is C17H20N4O2S. The highest BCUT2D eigenvalue weighted by Crippen LogP contribution is 2.25. The van der Waals surface area contributed by atoms with Crippen LogP contribution in [0.1, 0.15) is 16.3 Å². The molecule has 2 aliphatic rings. The molecule has 6 nitrogen and oxygen atoms in total. The van der Waals surface area contributed by atoms with Gasteiger partial charge in [-0.3, -0.25) is 4.79 Å². The van der Waals surface area contributed by atoms with Crippen molar-refractivity contribution in [3.05, 3.63) is 40.0 Å². The second-order valence-corrected chi connectivity index (χ2v) is 7.15. The molecule has 1 amide bonds. The first kappa shape index (κ1) is 15.5. The van der Waals surface area contributed by atoms with E-state index >= 15 is 0 Å². The molecule has 2 aliphatic heterocycles. The van der Waals surface area contributed by atoms with Crippen molar-refractivity contribution >= 4 is 23.1 Å². The normalized spacial score (nSPS) is 20.8. The number of ether oxygens (including phenoxy) is 1. The summed E-state index contributed by atoms with van der Waals surface area (Å²) >= 11 is 1.78. The van der Waals surface area contributed by atoms with Crippen molar-refractivity contribution in [3.63, 3.8) is 0 Å². The summed E-state index contributed by atoms with van der Waals surface area (Å²) in [4.78, 5) is 26.9. The van der Waals surface area contributed by atoms with Gasteiger partial charge in [-0.05, 0) is 36.4 Å². The van der Waals surface area contributed by atoms with Crippen LogP contribution < -0.4 is 4.90 Å². The fourth-order valence-electron chi connectivity index (χ4n) is 3.27. The Hall–Kier alpha value is -1.99. The van der Waals surface area contributed by atoms with Crippen molar-refractivity contribution in [1.29, 1.82) is 0 Å². The van der Waals surface area contributed by atoms with Crippen LogP contribution in [-0.2, 0) is 22.5 Å². The van der Waals surface area contributed by atoms with Crippen LogP contribution in [0.25, 0.3) is 0 Å². The Kier molecular flexibility index (Phi) is 4.20. The standard InChI is InChI=1S/C17H20N4O2S/c1-12-18-5-2-16(19-12)20-7-8-23-14(11-20)17(22)21-6-3-15-13(10-21)4-9-24-15/h2,4-5,9,14H,3,6-8,10-11H2,1H3. The Morgan fingerprint density at radius 1 is 1.38 bits per heavy atom. The number of nitrogens with zero attached hydrogens (tertiary/aromatic N) is 4. The lowest BCUT2D eigenvalue weighted by Crippen LogP contribution is -2.52. The highest BCUT2D eigenvalue weighted by Gasteiger charge is 2.32. The molecule has 0 spiro atoms. The zero-order valence-corrected chi connectivity index (χ0v) is 14.5. The first-order chi connectivity index (χ1) is 11.7. The Bertz CT molecular complexity index is 748. The Labute approximate surface area is 145 Å². The topological polar surface area (TPSA) is 58.6 Å². The van der Waals surface area contributed by atoms with Gasteiger partial charge in [-0.25, -0.2) is 9.97 Å². The summed E-state index contributed by atoms with van der Waals surface area (Å²) in [7, 11) is 0. The van der Waals surface area contributed by atoms with E-state index in [9.17, 15) is 4.79 Å². The van der Waals surface area contributed by atoms with E-state index in [0.717, 1.165) is 31.2 Å². The molecule has 4 heterocycles. The van der Waals surface area contributed by atoms with Gasteiger partial charge in [-0.15, -0.1) is 11.3 Å². The van der Waals surface area contributed by atoms with Gasteiger partial charge < -0.3 is 14.5 Å². The van der Waals surface area contributed by atoms with Crippen molar-refractivity contribution in [2.45, 2.75) is 26.0 Å². The second-order valence-electron chi connectivity index (χ2n) is 6.15. The third-order valence-electron chi connectivity index (χ3n) is 4.55. The SMILES string of the molecule is Cc1nccc(N2CCOC(C(=O)N3CCc4sccc4C3)C2)n1. The Morgan fingerprint density at radius 2 is 2.29 bits per heavy atom. The zero-order valence-electron chi connectivity index (χ0n) is 13.6. The van der Waals surface area contributed by atoms with E-state index in [4.69, 9.17) is 4.74 Å². The van der Waals surface area contributed by atoms with Crippen LogP contribution in [0.15, 0.2) is 23.7 Å². The number of morpholine rings is 1. The van der Waals surface area contributed by atoms with Crippen LogP contribution in [0.4, 0.5) is 5.82 Å². The average molecular weight is 344 g/mol. The maximum Gasteiger partial charge on any atom is 0.253 e. The molecule has 126 valence electrons. The molecule has 0 saturated carbocycles. The number of thiophene rings is 1. The van der Waals surface area contributed by atoms with Gasteiger partial charge in [0.05, 0.1) is 13.2 Å². The largest absolute Gasteiger partial charge is 0.365 e. The molecule has 24 heavy (non-hydrogen) atoms. The van der Waals surface area contributed by atoms with Gasteiger partial charge >= 0.3 is 0 Å². The predicted octanol–water partition coefficient (Wildman–Crippen LogP) is 1.64. The number of anilines is 1. The summed E-state index contributed by atoms with van der Waals surface area (Å²) in [6.07, 6.45) is 2.28. The number of rotatable bonds is 2. The minimum Gasteiger partial charge on any atom is -0.365 e. The molecule has 7 heteroatoms. The summed E-state index contributed by atoms with van der Waals surface area (Å²) < 4.78 is 5.77. The number of aryl methyl sites for hydroxylation is 1. The summed E-state index contributed by atoms with van der Waals surface area (Å²) in [6.45, 7) is 5.18. The van der Waals surface area contributed by atoms with E-state index < -0.39 is 6.10 Å². The van der Waals surface area contributed by atoms with E-state index in [1.165, 1.54) is 10.4 Å². The van der Waals surface area contributed by atoms with Crippen molar-refractivity contribution in [2.24, 2.45) is 0 Å². The van der Waals surface area contributed by atoms with Crippen molar-refractivity contribution in [2.75, 3.05) is 31.1 Å². The fraction of sp³-hybridized carbons (Fsp3) is 0.471. The average Bonchev–Trinajstić information content (AvgIpc) is 3.09. The minimum absolute atomic E-state index is 0.0855. The molecule has 0 N–H and O–H groups in total. The van der Waals surface area contributed by atoms with E-state index in [0.29, 0.717) is 19.7 Å². The first-order valence-corrected chi connectivity index (χ1v) is 9.09. The van der Waals surface area contributed by atoms with E-state index in [2.05, 4.69) is 26.3 Å². The molecule has 1 saturated heterocycles. The Morgan fingerprint density at radius 3 is 3.17 bits per heavy atom. The Balaban J connectivity index is 1.45. The van der Waals surface area contributed by atoms with Crippen molar-refractivity contribution in [3.8, 4) is 0 Å². The molecule has 0 bridgehead atoms. The van der Waals surface area contributed by atoms with Crippen LogP contribution in [0.3, 0.4) is 0 Å². The van der Waals surface area contributed by atoms with Gasteiger partial charge in [0.15, 0.2) is 6.10 Å². The molecule has 1 unspecified atom stereocenters. The molecule has 4 rings (SSSR count). The summed E-state index contributed by atoms with van der Waals surface area (Å²) in [5, 5.41) is 2.11. The lowest BCUT2D eigenvalue weighted by atomic mass is 10.1. The first-order valence-electron chi connectivity index (χ1n) is 8.21. The van der Waals surface area contributed by atoms with Gasteiger partial charge in [-0.2, -0.15) is 0 Å². The predicted molar refractivity (Wildman–Crippen MR) is 92.2 cm³/mol. The van der Waals surface area contributed by atoms with Crippen molar-refractivity contribution in [1.82, 2.24) is 14.9 Å². The zero-order chi connectivity index (χ0) is 16.5. The monoisotopic (exact) mass is 344 g/mol. The molecule has 0 aliphatic carbocycles. The second kappa shape index (κ2) is 6.49. The van der Waals surface area contributed by atoms with Gasteiger partial charge in [0.25, 0.3) is 5.91 Å². The lowest BCUT2D eigenvalue weighted by molar-refractivity contribution is -0.145. The molecule has 1 fully saturated rings. The highest BCUT2D eigenvalue weighted by atomic mass is 32.1. The van der Waals surface area contributed by atoms with E-state index in [-0.39, 0.29) is 5.91 Å². The van der Waals surface area contributed by atoms with Gasteiger partial charge in [0, 0.05) is 30.7 Å². The van der Waals surface area contributed by atoms with Gasteiger partial charge in [-0.1, -0.05) is 0 Å². The summed E-state index contributed by atoms with van der Waals surface area (Å²) in [5.74, 6) is 1.69. The van der Waals surface area contributed by atoms with Gasteiger partial charge in [0.1, 0.15) is 11.6 Å². The van der Waals surface area contributed by atoms with E-state index in [1.807, 2.05) is 17.9 Å². The number of carbonyl (C=O) groups is 1. The van der Waals surface area contributed by atoms with Gasteiger partial charge in [0.2, 0.25) is 0 Å². The number of hydrogen-bond acceptors (Lipinski definition) is 6. The number of amides is 1. The quantitative estimate of drug-likeness (QED) is 0.829. The smallest absolute Gasteiger partial charge is 0.253 e. The van der Waals surface area contributed by atoms with E-state index in [1.54, 1.807) is 17.5 Å². The number of aromatic nitrogens is 2. The molecule has 2 aromatic rings. The third kappa shape index (κ3) is 3.01. The molecular weight excluding hydrogens is 324 g/mol.